The number of nitrogens with two attached hydrogens (primary N) is 1. The zero-order valence-electron chi connectivity index (χ0n) is 10.5. The van der Waals surface area contributed by atoms with Crippen molar-refractivity contribution in [1.29, 1.82) is 0 Å². The number of rotatable bonds is 2. The topological polar surface area (TPSA) is 64.9 Å². The summed E-state index contributed by atoms with van der Waals surface area (Å²) in [5.74, 6) is -0.831. The van der Waals surface area contributed by atoms with Gasteiger partial charge in [-0.25, -0.2) is 8.78 Å². The fourth-order valence-corrected chi connectivity index (χ4v) is 2.31. The maximum Gasteiger partial charge on any atom is 0.261 e. The van der Waals surface area contributed by atoms with Crippen LogP contribution in [0.3, 0.4) is 0 Å². The molecule has 0 aliphatic carbocycles. The summed E-state index contributed by atoms with van der Waals surface area (Å²) in [6.07, 6.45) is 0. The van der Waals surface area contributed by atoms with Gasteiger partial charge in [-0.3, -0.25) is 0 Å². The van der Waals surface area contributed by atoms with Gasteiger partial charge in [-0.05, 0) is 36.4 Å². The van der Waals surface area contributed by atoms with Crippen LogP contribution in [0.5, 0.6) is 0 Å². The molecule has 106 valence electrons. The summed E-state index contributed by atoms with van der Waals surface area (Å²) >= 11 is 3.18. The third-order valence-electron chi connectivity index (χ3n) is 2.77. The minimum atomic E-state index is -0.528. The fraction of sp³-hybridized carbons (Fsp3) is 0. The molecule has 2 aromatic carbocycles. The van der Waals surface area contributed by atoms with Gasteiger partial charge >= 0.3 is 0 Å². The Kier molecular flexibility index (Phi) is 3.42. The van der Waals surface area contributed by atoms with Gasteiger partial charge in [0.1, 0.15) is 11.6 Å². The van der Waals surface area contributed by atoms with E-state index in [0.717, 1.165) is 0 Å². The highest BCUT2D eigenvalue weighted by atomic mass is 79.9. The van der Waals surface area contributed by atoms with Crippen molar-refractivity contribution < 1.29 is 13.3 Å². The highest BCUT2D eigenvalue weighted by Crippen LogP contribution is 2.27. The Labute approximate surface area is 126 Å². The van der Waals surface area contributed by atoms with Crippen LogP contribution in [0, 0.1) is 11.6 Å². The van der Waals surface area contributed by atoms with E-state index in [9.17, 15) is 8.78 Å². The second-order valence-electron chi connectivity index (χ2n) is 4.32. The molecule has 0 atom stereocenters. The van der Waals surface area contributed by atoms with E-state index in [1.54, 1.807) is 6.07 Å². The van der Waals surface area contributed by atoms with E-state index < -0.39 is 11.6 Å². The lowest BCUT2D eigenvalue weighted by Crippen LogP contribution is -1.90. The number of anilines is 1. The highest BCUT2D eigenvalue weighted by Gasteiger charge is 2.15. The molecule has 0 radical (unpaired) electrons. The summed E-state index contributed by atoms with van der Waals surface area (Å²) in [5, 5.41) is 3.73. The highest BCUT2D eigenvalue weighted by molar-refractivity contribution is 9.10. The molecule has 3 aromatic rings. The minimum Gasteiger partial charge on any atom is -0.399 e. The van der Waals surface area contributed by atoms with Crippen LogP contribution in [-0.4, -0.2) is 10.1 Å². The van der Waals surface area contributed by atoms with Crippen LogP contribution in [0.15, 0.2) is 45.4 Å². The number of aromatic nitrogens is 2. The van der Waals surface area contributed by atoms with Crippen molar-refractivity contribution in [2.24, 2.45) is 0 Å². The first kappa shape index (κ1) is 13.7. The Morgan fingerprint density at radius 2 is 1.90 bits per heavy atom. The van der Waals surface area contributed by atoms with Crippen molar-refractivity contribution in [2.75, 3.05) is 5.73 Å². The first-order valence-corrected chi connectivity index (χ1v) is 6.68. The maximum atomic E-state index is 13.7. The molecular formula is C14H8BrF2N3O. The molecule has 0 amide bonds. The van der Waals surface area contributed by atoms with Crippen LogP contribution in [0.1, 0.15) is 0 Å². The predicted molar refractivity (Wildman–Crippen MR) is 77.2 cm³/mol. The van der Waals surface area contributed by atoms with E-state index in [0.29, 0.717) is 15.7 Å². The molecule has 0 aliphatic heterocycles. The molecule has 0 aliphatic rings. The van der Waals surface area contributed by atoms with Gasteiger partial charge in [0, 0.05) is 15.7 Å². The van der Waals surface area contributed by atoms with Crippen LogP contribution >= 0.6 is 15.9 Å². The zero-order valence-corrected chi connectivity index (χ0v) is 12.1. The van der Waals surface area contributed by atoms with E-state index >= 15 is 0 Å². The van der Waals surface area contributed by atoms with Crippen LogP contribution in [0.2, 0.25) is 0 Å². The molecule has 0 saturated carbocycles. The zero-order chi connectivity index (χ0) is 15.0. The molecule has 0 spiro atoms. The summed E-state index contributed by atoms with van der Waals surface area (Å²) in [7, 11) is 0. The van der Waals surface area contributed by atoms with Gasteiger partial charge in [-0.15, -0.1) is 0 Å². The summed E-state index contributed by atoms with van der Waals surface area (Å²) in [4.78, 5) is 4.07. The largest absolute Gasteiger partial charge is 0.399 e. The molecule has 0 unspecified atom stereocenters. The summed E-state index contributed by atoms with van der Waals surface area (Å²) < 4.78 is 32.7. The second kappa shape index (κ2) is 5.25. The SMILES string of the molecule is Nc1ccc(F)c(-c2nc(-c3cc(F)cc(Br)c3)no2)c1. The fourth-order valence-electron chi connectivity index (χ4n) is 1.84. The Morgan fingerprint density at radius 3 is 2.67 bits per heavy atom. The lowest BCUT2D eigenvalue weighted by atomic mass is 10.2. The summed E-state index contributed by atoms with van der Waals surface area (Å²) in [5.41, 5.74) is 6.50. The standard InChI is InChI=1S/C14H8BrF2N3O/c15-8-3-7(4-9(16)5-8)13-19-14(21-20-13)11-6-10(18)1-2-12(11)17/h1-6H,18H2. The number of nitrogens with zero attached hydrogens (tertiary/aromatic N) is 2. The molecule has 0 saturated heterocycles. The monoisotopic (exact) mass is 351 g/mol. The van der Waals surface area contributed by atoms with Crippen molar-refractivity contribution in [3.8, 4) is 22.8 Å². The molecule has 2 N–H and O–H groups in total. The van der Waals surface area contributed by atoms with Gasteiger partial charge in [0.2, 0.25) is 5.82 Å². The number of halogens is 3. The molecule has 7 heteroatoms. The van der Waals surface area contributed by atoms with E-state index in [4.69, 9.17) is 10.3 Å². The average Bonchev–Trinajstić information content (AvgIpc) is 2.90. The van der Waals surface area contributed by atoms with E-state index in [-0.39, 0.29) is 17.3 Å². The van der Waals surface area contributed by atoms with E-state index in [1.165, 1.54) is 30.3 Å². The van der Waals surface area contributed by atoms with Gasteiger partial charge < -0.3 is 10.3 Å². The van der Waals surface area contributed by atoms with Crippen molar-refractivity contribution in [3.05, 3.63) is 52.5 Å². The van der Waals surface area contributed by atoms with Crippen LogP contribution in [0.25, 0.3) is 22.8 Å². The quantitative estimate of drug-likeness (QED) is 0.708. The maximum absolute atomic E-state index is 13.7. The second-order valence-corrected chi connectivity index (χ2v) is 5.24. The van der Waals surface area contributed by atoms with Crippen molar-refractivity contribution >= 4 is 21.6 Å². The van der Waals surface area contributed by atoms with Crippen LogP contribution < -0.4 is 5.73 Å². The normalized spacial score (nSPS) is 10.8. The molecule has 4 nitrogen and oxygen atoms in total. The third kappa shape index (κ3) is 2.78. The Balaban J connectivity index is 2.05. The Hall–Kier alpha value is -2.28. The van der Waals surface area contributed by atoms with E-state index in [2.05, 4.69) is 26.1 Å². The van der Waals surface area contributed by atoms with E-state index in [1.807, 2.05) is 0 Å². The van der Waals surface area contributed by atoms with Gasteiger partial charge in [0.25, 0.3) is 5.89 Å². The van der Waals surface area contributed by atoms with Gasteiger partial charge in [-0.1, -0.05) is 21.1 Å². The first-order chi connectivity index (χ1) is 10.0. The number of hydrogen-bond acceptors (Lipinski definition) is 4. The van der Waals surface area contributed by atoms with Crippen LogP contribution in [-0.2, 0) is 0 Å². The Bertz CT molecular complexity index is 799. The van der Waals surface area contributed by atoms with Gasteiger partial charge in [0.05, 0.1) is 5.56 Å². The molecule has 1 heterocycles. The average molecular weight is 352 g/mol. The molecular weight excluding hydrogens is 344 g/mol. The summed E-state index contributed by atoms with van der Waals surface area (Å²) in [6, 6.07) is 8.24. The predicted octanol–water partition coefficient (Wildman–Crippen LogP) is 4.03. The smallest absolute Gasteiger partial charge is 0.261 e. The van der Waals surface area contributed by atoms with Crippen molar-refractivity contribution in [1.82, 2.24) is 10.1 Å². The van der Waals surface area contributed by atoms with Gasteiger partial charge in [0.15, 0.2) is 0 Å². The molecule has 21 heavy (non-hydrogen) atoms. The molecule has 3 rings (SSSR count). The van der Waals surface area contributed by atoms with Crippen LogP contribution in [0.4, 0.5) is 14.5 Å². The van der Waals surface area contributed by atoms with Crippen molar-refractivity contribution in [2.45, 2.75) is 0 Å². The number of hydrogen-bond donors (Lipinski definition) is 1. The molecule has 1 aromatic heterocycles. The summed E-state index contributed by atoms with van der Waals surface area (Å²) in [6.45, 7) is 0. The number of nitrogen functional groups attached to an aromatic ring is 1. The lowest BCUT2D eigenvalue weighted by Gasteiger charge is -1.98. The molecule has 0 fully saturated rings. The Morgan fingerprint density at radius 1 is 1.10 bits per heavy atom. The third-order valence-corrected chi connectivity index (χ3v) is 3.23. The van der Waals surface area contributed by atoms with Gasteiger partial charge in [-0.2, -0.15) is 4.98 Å². The van der Waals surface area contributed by atoms with Crippen molar-refractivity contribution in [3.63, 3.8) is 0 Å². The number of benzene rings is 2. The first-order valence-electron chi connectivity index (χ1n) is 5.88. The minimum absolute atomic E-state index is 0.0183. The lowest BCUT2D eigenvalue weighted by molar-refractivity contribution is 0.429. The molecule has 0 bridgehead atoms.